The molecule has 0 aliphatic rings. The lowest BCUT2D eigenvalue weighted by atomic mass is 10.1. The van der Waals surface area contributed by atoms with E-state index in [9.17, 15) is 4.79 Å². The van der Waals surface area contributed by atoms with Crippen molar-refractivity contribution in [3.63, 3.8) is 0 Å². The number of pyridine rings is 1. The Kier molecular flexibility index (Phi) is 2.98. The second kappa shape index (κ2) is 4.94. The maximum Gasteiger partial charge on any atom is 0.229 e. The molecule has 2 heterocycles. The van der Waals surface area contributed by atoms with Crippen LogP contribution in [0.15, 0.2) is 54.9 Å². The summed E-state index contributed by atoms with van der Waals surface area (Å²) >= 11 is 0. The van der Waals surface area contributed by atoms with Gasteiger partial charge in [0.1, 0.15) is 5.82 Å². The lowest BCUT2D eigenvalue weighted by molar-refractivity contribution is -0.115. The Labute approximate surface area is 110 Å². The van der Waals surface area contributed by atoms with Gasteiger partial charge in [-0.15, -0.1) is 0 Å². The van der Waals surface area contributed by atoms with Gasteiger partial charge >= 0.3 is 0 Å². The van der Waals surface area contributed by atoms with E-state index in [1.807, 2.05) is 48.7 Å². The molecule has 0 spiro atoms. The third-order valence-corrected chi connectivity index (χ3v) is 2.91. The van der Waals surface area contributed by atoms with Gasteiger partial charge in [0, 0.05) is 11.6 Å². The quantitative estimate of drug-likeness (QED) is 0.752. The van der Waals surface area contributed by atoms with Gasteiger partial charge < -0.3 is 10.3 Å². The summed E-state index contributed by atoms with van der Waals surface area (Å²) in [6, 6.07) is 13.4. The first-order valence-corrected chi connectivity index (χ1v) is 6.08. The highest BCUT2D eigenvalue weighted by Crippen LogP contribution is 2.15. The minimum Gasteiger partial charge on any atom is -0.360 e. The van der Waals surface area contributed by atoms with E-state index < -0.39 is 0 Å². The van der Waals surface area contributed by atoms with Crippen molar-refractivity contribution < 1.29 is 4.79 Å². The van der Waals surface area contributed by atoms with Crippen LogP contribution in [0, 0.1) is 0 Å². The van der Waals surface area contributed by atoms with E-state index in [1.165, 1.54) is 0 Å². The molecule has 0 aliphatic carbocycles. The summed E-state index contributed by atoms with van der Waals surface area (Å²) in [5, 5.41) is 3.84. The molecule has 19 heavy (non-hydrogen) atoms. The highest BCUT2D eigenvalue weighted by Gasteiger charge is 2.05. The van der Waals surface area contributed by atoms with E-state index in [-0.39, 0.29) is 5.91 Å². The van der Waals surface area contributed by atoms with Crippen LogP contribution in [0.3, 0.4) is 0 Å². The van der Waals surface area contributed by atoms with Crippen molar-refractivity contribution in [2.75, 3.05) is 5.32 Å². The molecule has 0 unspecified atom stereocenters. The Morgan fingerprint density at radius 1 is 1.21 bits per heavy atom. The zero-order valence-corrected chi connectivity index (χ0v) is 10.3. The van der Waals surface area contributed by atoms with Crippen molar-refractivity contribution in [1.29, 1.82) is 0 Å². The molecule has 0 saturated heterocycles. The third-order valence-electron chi connectivity index (χ3n) is 2.91. The van der Waals surface area contributed by atoms with Crippen molar-refractivity contribution in [3.05, 3.63) is 60.4 Å². The summed E-state index contributed by atoms with van der Waals surface area (Å²) in [5.41, 5.74) is 1.95. The van der Waals surface area contributed by atoms with Gasteiger partial charge in [0.2, 0.25) is 5.91 Å². The molecule has 1 amide bonds. The number of nitrogens with zero attached hydrogens (tertiary/aromatic N) is 1. The standard InChI is InChI=1S/C15H13N3O/c19-15(8-11-4-2-1-3-5-11)18-14-9-12-6-7-16-13(12)10-17-14/h1-7,9-10,16H,8H2,(H,17,18,19). The average Bonchev–Trinajstić information content (AvgIpc) is 2.87. The number of hydrogen-bond donors (Lipinski definition) is 2. The van der Waals surface area contributed by atoms with E-state index in [2.05, 4.69) is 15.3 Å². The Morgan fingerprint density at radius 3 is 2.89 bits per heavy atom. The SMILES string of the molecule is O=C(Cc1ccccc1)Nc1cc2cc[nH]c2cn1. The minimum atomic E-state index is -0.0615. The molecule has 4 heteroatoms. The molecule has 3 aromatic rings. The molecule has 94 valence electrons. The fraction of sp³-hybridized carbons (Fsp3) is 0.0667. The highest BCUT2D eigenvalue weighted by molar-refractivity contribution is 5.93. The lowest BCUT2D eigenvalue weighted by Crippen LogP contribution is -2.15. The highest BCUT2D eigenvalue weighted by atomic mass is 16.1. The Balaban J connectivity index is 1.72. The molecular formula is C15H13N3O. The molecule has 0 bridgehead atoms. The van der Waals surface area contributed by atoms with Gasteiger partial charge in [-0.05, 0) is 17.7 Å². The number of carbonyl (C=O) groups is 1. The number of aromatic nitrogens is 2. The second-order valence-corrected chi connectivity index (χ2v) is 4.35. The van der Waals surface area contributed by atoms with Crippen molar-refractivity contribution >= 4 is 22.6 Å². The van der Waals surface area contributed by atoms with Crippen LogP contribution in [0.5, 0.6) is 0 Å². The van der Waals surface area contributed by atoms with Gasteiger partial charge in [-0.1, -0.05) is 30.3 Å². The van der Waals surface area contributed by atoms with E-state index in [1.54, 1.807) is 6.20 Å². The number of hydrogen-bond acceptors (Lipinski definition) is 2. The molecule has 3 rings (SSSR count). The van der Waals surface area contributed by atoms with Crippen LogP contribution in [-0.2, 0) is 11.2 Å². The van der Waals surface area contributed by atoms with Crippen molar-refractivity contribution in [1.82, 2.24) is 9.97 Å². The molecular weight excluding hydrogens is 238 g/mol. The number of anilines is 1. The number of rotatable bonds is 3. The first kappa shape index (κ1) is 11.5. The molecule has 1 aromatic carbocycles. The monoisotopic (exact) mass is 251 g/mol. The second-order valence-electron chi connectivity index (χ2n) is 4.35. The molecule has 0 fully saturated rings. The van der Waals surface area contributed by atoms with E-state index >= 15 is 0 Å². The topological polar surface area (TPSA) is 57.8 Å². The van der Waals surface area contributed by atoms with E-state index in [4.69, 9.17) is 0 Å². The van der Waals surface area contributed by atoms with Gasteiger partial charge in [0.05, 0.1) is 18.1 Å². The van der Waals surface area contributed by atoms with Crippen LogP contribution in [0.1, 0.15) is 5.56 Å². The molecule has 0 atom stereocenters. The fourth-order valence-electron chi connectivity index (χ4n) is 1.99. The third kappa shape index (κ3) is 2.63. The van der Waals surface area contributed by atoms with Gasteiger partial charge in [-0.25, -0.2) is 4.98 Å². The number of nitrogens with one attached hydrogen (secondary N) is 2. The van der Waals surface area contributed by atoms with E-state index in [0.29, 0.717) is 12.2 Å². The summed E-state index contributed by atoms with van der Waals surface area (Å²) < 4.78 is 0. The maximum atomic E-state index is 11.9. The number of aromatic amines is 1. The molecule has 0 saturated carbocycles. The zero-order valence-electron chi connectivity index (χ0n) is 10.3. The van der Waals surface area contributed by atoms with Crippen molar-refractivity contribution in [3.8, 4) is 0 Å². The van der Waals surface area contributed by atoms with Gasteiger partial charge in [0.25, 0.3) is 0 Å². The van der Waals surface area contributed by atoms with Crippen LogP contribution >= 0.6 is 0 Å². The fourth-order valence-corrected chi connectivity index (χ4v) is 1.99. The zero-order chi connectivity index (χ0) is 13.1. The summed E-state index contributed by atoms with van der Waals surface area (Å²) in [6.07, 6.45) is 3.92. The Morgan fingerprint density at radius 2 is 2.05 bits per heavy atom. The van der Waals surface area contributed by atoms with Crippen molar-refractivity contribution in [2.45, 2.75) is 6.42 Å². The van der Waals surface area contributed by atoms with Crippen LogP contribution < -0.4 is 5.32 Å². The van der Waals surface area contributed by atoms with Crippen LogP contribution in [0.2, 0.25) is 0 Å². The summed E-state index contributed by atoms with van der Waals surface area (Å²) in [5.74, 6) is 0.515. The lowest BCUT2D eigenvalue weighted by Gasteiger charge is -2.04. The number of fused-ring (bicyclic) bond motifs is 1. The average molecular weight is 251 g/mol. The predicted molar refractivity (Wildman–Crippen MR) is 74.9 cm³/mol. The van der Waals surface area contributed by atoms with Gasteiger partial charge in [-0.3, -0.25) is 4.79 Å². The van der Waals surface area contributed by atoms with Crippen LogP contribution in [0.25, 0.3) is 10.9 Å². The molecule has 0 radical (unpaired) electrons. The van der Waals surface area contributed by atoms with Crippen molar-refractivity contribution in [2.24, 2.45) is 0 Å². The number of benzene rings is 1. The van der Waals surface area contributed by atoms with Crippen LogP contribution in [0.4, 0.5) is 5.82 Å². The molecule has 4 nitrogen and oxygen atoms in total. The number of amides is 1. The Bertz CT molecular complexity index is 703. The first-order chi connectivity index (χ1) is 9.31. The minimum absolute atomic E-state index is 0.0615. The largest absolute Gasteiger partial charge is 0.360 e. The molecule has 2 aromatic heterocycles. The summed E-state index contributed by atoms with van der Waals surface area (Å²) in [7, 11) is 0. The molecule has 0 aliphatic heterocycles. The predicted octanol–water partition coefficient (Wildman–Crippen LogP) is 2.74. The van der Waals surface area contributed by atoms with Gasteiger partial charge in [-0.2, -0.15) is 0 Å². The smallest absolute Gasteiger partial charge is 0.229 e. The summed E-state index contributed by atoms with van der Waals surface area (Å²) in [6.45, 7) is 0. The van der Waals surface area contributed by atoms with E-state index in [0.717, 1.165) is 16.5 Å². The number of H-pyrrole nitrogens is 1. The number of carbonyl (C=O) groups excluding carboxylic acids is 1. The molecule has 2 N–H and O–H groups in total. The Hall–Kier alpha value is -2.62. The maximum absolute atomic E-state index is 11.9. The van der Waals surface area contributed by atoms with Crippen LogP contribution in [-0.4, -0.2) is 15.9 Å². The first-order valence-electron chi connectivity index (χ1n) is 6.08. The summed E-state index contributed by atoms with van der Waals surface area (Å²) in [4.78, 5) is 19.2. The normalized spacial score (nSPS) is 10.5. The van der Waals surface area contributed by atoms with Gasteiger partial charge in [0.15, 0.2) is 0 Å².